The molecule has 1 aromatic rings. The van der Waals surface area contributed by atoms with E-state index in [0.29, 0.717) is 10.5 Å². The quantitative estimate of drug-likeness (QED) is 0.836. The fourth-order valence-electron chi connectivity index (χ4n) is 3.32. The summed E-state index contributed by atoms with van der Waals surface area (Å²) in [5, 5.41) is 0. The molecule has 2 fully saturated rings. The van der Waals surface area contributed by atoms with Crippen LogP contribution in [-0.4, -0.2) is 37.1 Å². The number of rotatable bonds is 3. The first-order valence-electron chi connectivity index (χ1n) is 7.19. The maximum atomic E-state index is 14.2. The van der Waals surface area contributed by atoms with E-state index in [2.05, 4.69) is 25.7 Å². The summed E-state index contributed by atoms with van der Waals surface area (Å²) >= 11 is 3.29. The standard InChI is InChI=1S/C15H20BrFN2/c16-13-6-3-7-14(15(13)17)19-10-4-5-12(19)11-18-8-1-2-9-18/h3,6-7,12H,1-2,4-5,8-11H2/t12-/m0/s1. The van der Waals surface area contributed by atoms with Gasteiger partial charge in [0.2, 0.25) is 0 Å². The van der Waals surface area contributed by atoms with Gasteiger partial charge >= 0.3 is 0 Å². The molecule has 104 valence electrons. The van der Waals surface area contributed by atoms with Crippen LogP contribution in [0, 0.1) is 5.82 Å². The van der Waals surface area contributed by atoms with E-state index >= 15 is 0 Å². The second-order valence-corrected chi connectivity index (χ2v) is 6.42. The first-order valence-corrected chi connectivity index (χ1v) is 7.98. The van der Waals surface area contributed by atoms with Crippen LogP contribution in [0.5, 0.6) is 0 Å². The van der Waals surface area contributed by atoms with Gasteiger partial charge in [0, 0.05) is 19.1 Å². The SMILES string of the molecule is Fc1c(Br)cccc1N1CCC[C@H]1CN1CCCC1. The Morgan fingerprint density at radius 3 is 2.74 bits per heavy atom. The largest absolute Gasteiger partial charge is 0.365 e. The molecule has 0 N–H and O–H groups in total. The molecule has 0 spiro atoms. The molecular weight excluding hydrogens is 307 g/mol. The minimum atomic E-state index is -0.115. The van der Waals surface area contributed by atoms with Crippen LogP contribution in [0.15, 0.2) is 22.7 Å². The second kappa shape index (κ2) is 5.80. The van der Waals surface area contributed by atoms with Crippen LogP contribution < -0.4 is 4.90 Å². The zero-order valence-electron chi connectivity index (χ0n) is 11.1. The lowest BCUT2D eigenvalue weighted by atomic mass is 10.2. The van der Waals surface area contributed by atoms with Crippen molar-refractivity contribution >= 4 is 21.6 Å². The van der Waals surface area contributed by atoms with Gasteiger partial charge in [-0.15, -0.1) is 0 Å². The lowest BCUT2D eigenvalue weighted by Crippen LogP contribution is -2.39. The molecule has 0 bridgehead atoms. The molecular formula is C15H20BrFN2. The normalized spacial score (nSPS) is 24.3. The van der Waals surface area contributed by atoms with E-state index in [-0.39, 0.29) is 5.82 Å². The smallest absolute Gasteiger partial charge is 0.160 e. The van der Waals surface area contributed by atoms with Crippen LogP contribution in [0.3, 0.4) is 0 Å². The van der Waals surface area contributed by atoms with Crippen molar-refractivity contribution in [2.45, 2.75) is 31.7 Å². The summed E-state index contributed by atoms with van der Waals surface area (Å²) in [5.41, 5.74) is 0.760. The van der Waals surface area contributed by atoms with Crippen LogP contribution >= 0.6 is 15.9 Å². The Bertz CT molecular complexity index is 446. The Morgan fingerprint density at radius 2 is 1.95 bits per heavy atom. The number of anilines is 1. The molecule has 1 atom stereocenters. The molecule has 2 aliphatic rings. The number of hydrogen-bond donors (Lipinski definition) is 0. The average molecular weight is 327 g/mol. The molecule has 2 nitrogen and oxygen atoms in total. The van der Waals surface area contributed by atoms with Crippen molar-refractivity contribution in [2.24, 2.45) is 0 Å². The molecule has 0 aliphatic carbocycles. The fourth-order valence-corrected chi connectivity index (χ4v) is 3.68. The summed E-state index contributed by atoms with van der Waals surface area (Å²) in [4.78, 5) is 4.79. The highest BCUT2D eigenvalue weighted by Gasteiger charge is 2.29. The highest BCUT2D eigenvalue weighted by atomic mass is 79.9. The van der Waals surface area contributed by atoms with E-state index in [1.165, 1.54) is 38.8 Å². The predicted molar refractivity (Wildman–Crippen MR) is 80.1 cm³/mol. The maximum absolute atomic E-state index is 14.2. The minimum Gasteiger partial charge on any atom is -0.365 e. The summed E-state index contributed by atoms with van der Waals surface area (Å²) in [7, 11) is 0. The van der Waals surface area contributed by atoms with Gasteiger partial charge in [0.05, 0.1) is 10.2 Å². The van der Waals surface area contributed by atoms with E-state index in [1.807, 2.05) is 12.1 Å². The fraction of sp³-hybridized carbons (Fsp3) is 0.600. The first-order chi connectivity index (χ1) is 9.25. The molecule has 3 rings (SSSR count). The maximum Gasteiger partial charge on any atom is 0.160 e. The van der Waals surface area contributed by atoms with Gasteiger partial charge in [0.15, 0.2) is 5.82 Å². The van der Waals surface area contributed by atoms with Crippen LogP contribution in [0.2, 0.25) is 0 Å². The monoisotopic (exact) mass is 326 g/mol. The zero-order valence-corrected chi connectivity index (χ0v) is 12.7. The molecule has 1 aromatic carbocycles. The van der Waals surface area contributed by atoms with Crippen LogP contribution in [0.4, 0.5) is 10.1 Å². The lowest BCUT2D eigenvalue weighted by molar-refractivity contribution is 0.313. The Morgan fingerprint density at radius 1 is 1.16 bits per heavy atom. The van der Waals surface area contributed by atoms with Crippen LogP contribution in [0.25, 0.3) is 0 Å². The minimum absolute atomic E-state index is 0.115. The highest BCUT2D eigenvalue weighted by molar-refractivity contribution is 9.10. The summed E-state index contributed by atoms with van der Waals surface area (Å²) < 4.78 is 14.8. The van der Waals surface area contributed by atoms with Gasteiger partial charge in [-0.2, -0.15) is 0 Å². The zero-order chi connectivity index (χ0) is 13.2. The van der Waals surface area contributed by atoms with Gasteiger partial charge in [-0.3, -0.25) is 0 Å². The van der Waals surface area contributed by atoms with Crippen molar-refractivity contribution in [3.63, 3.8) is 0 Å². The third-order valence-electron chi connectivity index (χ3n) is 4.29. The predicted octanol–water partition coefficient (Wildman–Crippen LogP) is 3.65. The molecule has 0 saturated carbocycles. The molecule has 4 heteroatoms. The summed E-state index contributed by atoms with van der Waals surface area (Å²) in [6, 6.07) is 6.07. The number of halogens is 2. The molecule has 0 unspecified atom stereocenters. The number of benzene rings is 1. The van der Waals surface area contributed by atoms with Crippen molar-refractivity contribution < 1.29 is 4.39 Å². The van der Waals surface area contributed by atoms with E-state index in [1.54, 1.807) is 6.07 Å². The van der Waals surface area contributed by atoms with Gasteiger partial charge in [-0.05, 0) is 66.8 Å². The molecule has 0 radical (unpaired) electrons. The van der Waals surface area contributed by atoms with Crippen molar-refractivity contribution in [3.05, 3.63) is 28.5 Å². The van der Waals surface area contributed by atoms with E-state index in [0.717, 1.165) is 18.8 Å². The summed E-state index contributed by atoms with van der Waals surface area (Å²) in [6.07, 6.45) is 4.99. The van der Waals surface area contributed by atoms with Gasteiger partial charge in [0.1, 0.15) is 0 Å². The Kier molecular flexibility index (Phi) is 4.08. The lowest BCUT2D eigenvalue weighted by Gasteiger charge is -2.30. The Hall–Kier alpha value is -0.610. The average Bonchev–Trinajstić information content (AvgIpc) is 3.05. The highest BCUT2D eigenvalue weighted by Crippen LogP contribution is 2.32. The van der Waals surface area contributed by atoms with Gasteiger partial charge in [0.25, 0.3) is 0 Å². The topological polar surface area (TPSA) is 6.48 Å². The summed E-state index contributed by atoms with van der Waals surface area (Å²) in [5.74, 6) is -0.115. The molecule has 0 aromatic heterocycles. The van der Waals surface area contributed by atoms with Crippen LogP contribution in [-0.2, 0) is 0 Å². The molecule has 19 heavy (non-hydrogen) atoms. The van der Waals surface area contributed by atoms with Gasteiger partial charge < -0.3 is 9.80 Å². The third-order valence-corrected chi connectivity index (χ3v) is 4.90. The van der Waals surface area contributed by atoms with E-state index < -0.39 is 0 Å². The molecule has 2 heterocycles. The van der Waals surface area contributed by atoms with Gasteiger partial charge in [-0.25, -0.2) is 4.39 Å². The van der Waals surface area contributed by atoms with E-state index in [4.69, 9.17) is 0 Å². The summed E-state index contributed by atoms with van der Waals surface area (Å²) in [6.45, 7) is 4.49. The molecule has 2 aliphatic heterocycles. The van der Waals surface area contributed by atoms with E-state index in [9.17, 15) is 4.39 Å². The van der Waals surface area contributed by atoms with Gasteiger partial charge in [-0.1, -0.05) is 6.07 Å². The number of hydrogen-bond acceptors (Lipinski definition) is 2. The Balaban J connectivity index is 1.76. The molecule has 0 amide bonds. The third kappa shape index (κ3) is 2.79. The number of likely N-dealkylation sites (tertiary alicyclic amines) is 1. The van der Waals surface area contributed by atoms with Crippen molar-refractivity contribution in [1.29, 1.82) is 0 Å². The number of nitrogens with zero attached hydrogens (tertiary/aromatic N) is 2. The van der Waals surface area contributed by atoms with Crippen molar-refractivity contribution in [1.82, 2.24) is 4.90 Å². The second-order valence-electron chi connectivity index (χ2n) is 5.57. The molecule has 2 saturated heterocycles. The van der Waals surface area contributed by atoms with Crippen molar-refractivity contribution in [2.75, 3.05) is 31.1 Å². The first kappa shape index (κ1) is 13.4. The van der Waals surface area contributed by atoms with Crippen LogP contribution in [0.1, 0.15) is 25.7 Å². The Labute approximate surface area is 122 Å². The van der Waals surface area contributed by atoms with Crippen molar-refractivity contribution in [3.8, 4) is 0 Å².